The van der Waals surface area contributed by atoms with Crippen LogP contribution >= 0.6 is 0 Å². The van der Waals surface area contributed by atoms with Gasteiger partial charge in [-0.05, 0) is 0 Å². The summed E-state index contributed by atoms with van der Waals surface area (Å²) >= 11 is -2.68. The Hall–Kier alpha value is -1.53. The summed E-state index contributed by atoms with van der Waals surface area (Å²) in [5, 5.41) is 0. The van der Waals surface area contributed by atoms with Gasteiger partial charge in [0.2, 0.25) is 0 Å². The SMILES string of the molecule is CCCCC1C=C(C(C)(C)C)C=[C]1/[Zr+2](=[C](\C)c1ccccc1)[c]1c(C)c(C(C)(C)C)cc2c1Cc1cc(C)c(C(C)(C)C)cc1-2.[Cl-].[Cl-]. The van der Waals surface area contributed by atoms with E-state index in [-0.39, 0.29) is 41.1 Å². The number of aryl methyl sites for hydroxylation is 1. The fraction of sp³-hybridized carbons (Fsp3) is 0.477. The van der Waals surface area contributed by atoms with E-state index in [0.717, 1.165) is 6.42 Å². The van der Waals surface area contributed by atoms with E-state index in [0.29, 0.717) is 5.92 Å². The maximum Gasteiger partial charge on any atom is -1.00 e. The zero-order valence-electron chi connectivity index (χ0n) is 31.4. The predicted molar refractivity (Wildman–Crippen MR) is 196 cm³/mol. The second-order valence-electron chi connectivity index (χ2n) is 17.0. The van der Waals surface area contributed by atoms with E-state index in [2.05, 4.69) is 151 Å². The fourth-order valence-electron chi connectivity index (χ4n) is 7.94. The minimum absolute atomic E-state index is 0. The van der Waals surface area contributed by atoms with Gasteiger partial charge in [0.15, 0.2) is 0 Å². The van der Waals surface area contributed by atoms with Crippen LogP contribution in [0.3, 0.4) is 0 Å². The van der Waals surface area contributed by atoms with Gasteiger partial charge in [0, 0.05) is 0 Å². The summed E-state index contributed by atoms with van der Waals surface area (Å²) in [7, 11) is 0. The van der Waals surface area contributed by atoms with Crippen LogP contribution in [0.5, 0.6) is 0 Å². The van der Waals surface area contributed by atoms with Crippen LogP contribution in [-0.2, 0) is 38.5 Å². The first kappa shape index (κ1) is 39.9. The fourth-order valence-corrected chi connectivity index (χ4v) is 16.5. The number of unbranched alkanes of at least 4 members (excludes halogenated alkanes) is 1. The maximum atomic E-state index is 2.71. The third-order valence-electron chi connectivity index (χ3n) is 10.4. The first-order valence-electron chi connectivity index (χ1n) is 17.5. The second-order valence-corrected chi connectivity index (χ2v) is 23.4. The average molecular weight is 749 g/mol. The van der Waals surface area contributed by atoms with Gasteiger partial charge in [-0.1, -0.05) is 0 Å². The summed E-state index contributed by atoms with van der Waals surface area (Å²) in [5.41, 5.74) is 15.6. The number of rotatable bonds is 6. The normalized spacial score (nSPS) is 16.0. The number of fused-ring (bicyclic) bond motifs is 3. The second kappa shape index (κ2) is 14.8. The molecule has 0 amide bonds. The van der Waals surface area contributed by atoms with Crippen molar-refractivity contribution in [2.24, 2.45) is 11.3 Å². The minimum Gasteiger partial charge on any atom is -1.00 e. The van der Waals surface area contributed by atoms with Gasteiger partial charge in [-0.25, -0.2) is 0 Å². The summed E-state index contributed by atoms with van der Waals surface area (Å²) in [4.78, 5) is 0. The molecule has 3 aromatic rings. The molecule has 0 saturated carbocycles. The molecule has 0 aromatic heterocycles. The summed E-state index contributed by atoms with van der Waals surface area (Å²) < 4.78 is 5.24. The molecule has 2 aliphatic carbocycles. The van der Waals surface area contributed by atoms with Gasteiger partial charge >= 0.3 is 285 Å². The van der Waals surface area contributed by atoms with Crippen molar-refractivity contribution in [3.8, 4) is 11.1 Å². The van der Waals surface area contributed by atoms with E-state index in [1.807, 2.05) is 0 Å². The van der Waals surface area contributed by atoms with Crippen molar-refractivity contribution in [1.82, 2.24) is 0 Å². The van der Waals surface area contributed by atoms with Crippen LogP contribution in [0.25, 0.3) is 11.1 Å². The molecule has 0 bridgehead atoms. The van der Waals surface area contributed by atoms with E-state index in [1.54, 1.807) is 26.5 Å². The number of halogens is 2. The molecule has 252 valence electrons. The molecule has 3 heteroatoms. The van der Waals surface area contributed by atoms with Crippen molar-refractivity contribution in [2.75, 3.05) is 0 Å². The van der Waals surface area contributed by atoms with Crippen molar-refractivity contribution >= 4 is 6.48 Å². The third kappa shape index (κ3) is 7.95. The Bertz CT molecular complexity index is 1710. The molecule has 1 atom stereocenters. The van der Waals surface area contributed by atoms with Crippen molar-refractivity contribution in [1.29, 1.82) is 0 Å². The number of hydrogen-bond donors (Lipinski definition) is 0. The Morgan fingerprint density at radius 2 is 1.38 bits per heavy atom. The van der Waals surface area contributed by atoms with Crippen molar-refractivity contribution in [3.63, 3.8) is 0 Å². The van der Waals surface area contributed by atoms with E-state index in [9.17, 15) is 0 Å². The zero-order chi connectivity index (χ0) is 33.1. The number of benzene rings is 3. The molecule has 5 rings (SSSR count). The van der Waals surface area contributed by atoms with Crippen LogP contribution in [0.2, 0.25) is 0 Å². The number of hydrogen-bond acceptors (Lipinski definition) is 0. The summed E-state index contributed by atoms with van der Waals surface area (Å²) in [5.74, 6) is 0.555. The average Bonchev–Trinajstić information content (AvgIpc) is 3.53. The molecule has 0 spiro atoms. The van der Waals surface area contributed by atoms with Crippen LogP contribution < -0.4 is 28.1 Å². The number of allylic oxidation sites excluding steroid dienone is 4. The Kier molecular flexibility index (Phi) is 12.5. The van der Waals surface area contributed by atoms with Gasteiger partial charge in [0.25, 0.3) is 0 Å². The molecule has 2 aliphatic rings. The molecule has 3 aromatic carbocycles. The van der Waals surface area contributed by atoms with E-state index < -0.39 is 21.3 Å². The summed E-state index contributed by atoms with van der Waals surface area (Å²) in [6.07, 6.45) is 10.3. The quantitative estimate of drug-likeness (QED) is 0.240. The largest absolute Gasteiger partial charge is 1.00 e. The van der Waals surface area contributed by atoms with Crippen molar-refractivity contribution in [2.45, 2.75) is 127 Å². The van der Waals surface area contributed by atoms with Gasteiger partial charge in [0.05, 0.1) is 0 Å². The molecular formula is C44H58Cl2Zr. The molecule has 0 N–H and O–H groups in total. The molecule has 0 aliphatic heterocycles. The van der Waals surface area contributed by atoms with Crippen molar-refractivity contribution in [3.05, 3.63) is 108 Å². The molecule has 0 saturated heterocycles. The summed E-state index contributed by atoms with van der Waals surface area (Å²) in [6, 6.07) is 19.1. The topological polar surface area (TPSA) is 0 Å². The Labute approximate surface area is 307 Å². The maximum absolute atomic E-state index is 2.71. The zero-order valence-corrected chi connectivity index (χ0v) is 35.4. The van der Waals surface area contributed by atoms with Gasteiger partial charge in [0.1, 0.15) is 0 Å². The minimum atomic E-state index is -2.68. The monoisotopic (exact) mass is 746 g/mol. The standard InChI is InChI=1S/C23H29.C13H21.C8H8.2ClH.Zr/c1-14-9-16-11-17-10-15(2)21(23(6,7)8)13-19(17)18(16)12-20(14)22(3,4)5;1-5-6-7-11-8-9-12(10-11)13(2,3)4;1-2-8-6-4-3-5-7-8;;;/h9,12-13H,11H2,1-8H3;9-11H,5-7H2,1-4H3;3-7H,1H3;2*1H;/q;;;;;+2/p-2. The Morgan fingerprint density at radius 3 is 1.94 bits per heavy atom. The molecule has 0 fully saturated rings. The van der Waals surface area contributed by atoms with Crippen LogP contribution in [0, 0.1) is 25.2 Å². The van der Waals surface area contributed by atoms with E-state index in [4.69, 9.17) is 0 Å². The molecule has 0 heterocycles. The van der Waals surface area contributed by atoms with Gasteiger partial charge < -0.3 is 24.8 Å². The first-order valence-corrected chi connectivity index (χ1v) is 21.1. The van der Waals surface area contributed by atoms with Crippen molar-refractivity contribution < 1.29 is 46.1 Å². The predicted octanol–water partition coefficient (Wildman–Crippen LogP) is 5.64. The van der Waals surface area contributed by atoms with Gasteiger partial charge in [-0.3, -0.25) is 0 Å². The Balaban J connectivity index is 0.00000300. The van der Waals surface area contributed by atoms with Gasteiger partial charge in [-0.15, -0.1) is 0 Å². The molecule has 1 unspecified atom stereocenters. The van der Waals surface area contributed by atoms with Crippen LogP contribution in [-0.4, -0.2) is 3.21 Å². The summed E-state index contributed by atoms with van der Waals surface area (Å²) in [6.45, 7) is 31.2. The Morgan fingerprint density at radius 1 is 0.787 bits per heavy atom. The smallest absolute Gasteiger partial charge is 1.00 e. The van der Waals surface area contributed by atoms with Crippen LogP contribution in [0.4, 0.5) is 0 Å². The van der Waals surface area contributed by atoms with E-state index in [1.165, 1.54) is 58.2 Å². The molecule has 0 radical (unpaired) electrons. The van der Waals surface area contributed by atoms with Crippen LogP contribution in [0.15, 0.2) is 69.5 Å². The first-order chi connectivity index (χ1) is 20.9. The molecule has 0 nitrogen and oxygen atoms in total. The van der Waals surface area contributed by atoms with Crippen LogP contribution in [0.1, 0.15) is 134 Å². The van der Waals surface area contributed by atoms with Gasteiger partial charge in [-0.2, -0.15) is 0 Å². The molecule has 47 heavy (non-hydrogen) atoms. The van der Waals surface area contributed by atoms with E-state index >= 15 is 0 Å². The third-order valence-corrected chi connectivity index (χ3v) is 18.5. The molecular weight excluding hydrogens is 691 g/mol.